The summed E-state index contributed by atoms with van der Waals surface area (Å²) < 4.78 is 5.07. The predicted octanol–water partition coefficient (Wildman–Crippen LogP) is 3.21. The van der Waals surface area contributed by atoms with Crippen LogP contribution in [0.25, 0.3) is 0 Å². The lowest BCUT2D eigenvalue weighted by atomic mass is 10.1. The number of hydrogen-bond donors (Lipinski definition) is 1. The zero-order valence-electron chi connectivity index (χ0n) is 15.4. The Labute approximate surface area is 163 Å². The Balaban J connectivity index is 1.85. The summed E-state index contributed by atoms with van der Waals surface area (Å²) in [4.78, 5) is 37.5. The predicted molar refractivity (Wildman–Crippen MR) is 104 cm³/mol. The molecule has 0 spiro atoms. The number of nitrogens with zero attached hydrogens (tertiary/aromatic N) is 1. The maximum absolute atomic E-state index is 12.1. The van der Waals surface area contributed by atoms with Gasteiger partial charge in [-0.2, -0.15) is 0 Å². The average Bonchev–Trinajstić information content (AvgIpc) is 2.61. The van der Waals surface area contributed by atoms with E-state index < -0.39 is 24.4 Å². The SMILES string of the molecule is Cc1ccc(C(=O)OCC(=O)N(C)CC(=O)Nc2ccccc2Cl)c(C)c1. The first kappa shape index (κ1) is 20.5. The van der Waals surface area contributed by atoms with Gasteiger partial charge in [0.2, 0.25) is 5.91 Å². The molecule has 0 atom stereocenters. The van der Waals surface area contributed by atoms with E-state index in [1.54, 1.807) is 43.3 Å². The van der Waals surface area contributed by atoms with Crippen LogP contribution in [0.15, 0.2) is 42.5 Å². The van der Waals surface area contributed by atoms with Gasteiger partial charge in [-0.05, 0) is 37.6 Å². The summed E-state index contributed by atoms with van der Waals surface area (Å²) >= 11 is 5.98. The normalized spacial score (nSPS) is 10.2. The second kappa shape index (κ2) is 9.19. The molecular formula is C20H21ClN2O4. The highest BCUT2D eigenvalue weighted by Crippen LogP contribution is 2.20. The highest BCUT2D eigenvalue weighted by molar-refractivity contribution is 6.33. The third-order valence-electron chi connectivity index (χ3n) is 3.88. The van der Waals surface area contributed by atoms with Crippen LogP contribution >= 0.6 is 11.6 Å². The van der Waals surface area contributed by atoms with Crippen LogP contribution in [-0.4, -0.2) is 42.9 Å². The summed E-state index contributed by atoms with van der Waals surface area (Å²) in [7, 11) is 1.46. The average molecular weight is 389 g/mol. The number of anilines is 1. The van der Waals surface area contributed by atoms with Gasteiger partial charge in [0.05, 0.1) is 22.8 Å². The molecule has 0 aliphatic carbocycles. The first-order chi connectivity index (χ1) is 12.8. The number of rotatable bonds is 6. The molecule has 6 nitrogen and oxygen atoms in total. The van der Waals surface area contributed by atoms with E-state index in [0.717, 1.165) is 11.1 Å². The monoisotopic (exact) mass is 388 g/mol. The van der Waals surface area contributed by atoms with E-state index in [1.165, 1.54) is 11.9 Å². The molecule has 27 heavy (non-hydrogen) atoms. The molecule has 0 unspecified atom stereocenters. The fourth-order valence-electron chi connectivity index (χ4n) is 2.41. The molecule has 2 rings (SSSR count). The highest BCUT2D eigenvalue weighted by atomic mass is 35.5. The van der Waals surface area contributed by atoms with Gasteiger partial charge in [0.15, 0.2) is 6.61 Å². The molecule has 2 aromatic rings. The largest absolute Gasteiger partial charge is 0.452 e. The summed E-state index contributed by atoms with van der Waals surface area (Å²) in [5, 5.41) is 3.03. The van der Waals surface area contributed by atoms with Crippen LogP contribution < -0.4 is 5.32 Å². The van der Waals surface area contributed by atoms with E-state index in [-0.39, 0.29) is 6.54 Å². The van der Waals surface area contributed by atoms with Crippen molar-refractivity contribution in [2.24, 2.45) is 0 Å². The maximum Gasteiger partial charge on any atom is 0.338 e. The standard InChI is InChI=1S/C20H21ClN2O4/c1-13-8-9-15(14(2)10-13)20(26)27-12-19(25)23(3)11-18(24)22-17-7-5-4-6-16(17)21/h4-10H,11-12H2,1-3H3,(H,22,24). The zero-order valence-corrected chi connectivity index (χ0v) is 16.2. The van der Waals surface area contributed by atoms with Gasteiger partial charge in [0, 0.05) is 7.05 Å². The molecule has 7 heteroatoms. The molecule has 0 aliphatic rings. The smallest absolute Gasteiger partial charge is 0.338 e. The minimum atomic E-state index is -0.574. The van der Waals surface area contributed by atoms with Crippen molar-refractivity contribution in [1.29, 1.82) is 0 Å². The van der Waals surface area contributed by atoms with E-state index in [4.69, 9.17) is 16.3 Å². The Morgan fingerprint density at radius 2 is 1.81 bits per heavy atom. The van der Waals surface area contributed by atoms with Crippen LogP contribution in [0.5, 0.6) is 0 Å². The van der Waals surface area contributed by atoms with Crippen molar-refractivity contribution in [2.75, 3.05) is 25.5 Å². The number of carbonyl (C=O) groups is 3. The van der Waals surface area contributed by atoms with Crippen LogP contribution in [0.3, 0.4) is 0 Å². The summed E-state index contributed by atoms with van der Waals surface area (Å²) in [5.74, 6) is -1.46. The lowest BCUT2D eigenvalue weighted by Crippen LogP contribution is -2.37. The van der Waals surface area contributed by atoms with Gasteiger partial charge in [-0.25, -0.2) is 4.79 Å². The molecule has 142 valence electrons. The van der Waals surface area contributed by atoms with Gasteiger partial charge >= 0.3 is 5.97 Å². The Hall–Kier alpha value is -2.86. The number of aryl methyl sites for hydroxylation is 2. The fourth-order valence-corrected chi connectivity index (χ4v) is 2.60. The number of esters is 1. The Morgan fingerprint density at radius 1 is 1.11 bits per heavy atom. The van der Waals surface area contributed by atoms with Crippen LogP contribution in [0.2, 0.25) is 5.02 Å². The second-order valence-electron chi connectivity index (χ2n) is 6.17. The highest BCUT2D eigenvalue weighted by Gasteiger charge is 2.17. The van der Waals surface area contributed by atoms with E-state index in [1.807, 2.05) is 13.0 Å². The fraction of sp³-hybridized carbons (Fsp3) is 0.250. The zero-order chi connectivity index (χ0) is 20.0. The van der Waals surface area contributed by atoms with Gasteiger partial charge in [0.25, 0.3) is 5.91 Å². The third kappa shape index (κ3) is 5.82. The van der Waals surface area contributed by atoms with Crippen molar-refractivity contribution in [3.05, 3.63) is 64.2 Å². The minimum Gasteiger partial charge on any atom is -0.452 e. The van der Waals surface area contributed by atoms with Crippen molar-refractivity contribution < 1.29 is 19.1 Å². The molecule has 2 aromatic carbocycles. The lowest BCUT2D eigenvalue weighted by molar-refractivity contribution is -0.136. The van der Waals surface area contributed by atoms with Gasteiger partial charge in [-0.15, -0.1) is 0 Å². The summed E-state index contributed by atoms with van der Waals surface area (Å²) in [6.07, 6.45) is 0. The molecule has 0 fully saturated rings. The van der Waals surface area contributed by atoms with E-state index in [0.29, 0.717) is 16.3 Å². The van der Waals surface area contributed by atoms with Gasteiger partial charge < -0.3 is 15.0 Å². The van der Waals surface area contributed by atoms with Crippen molar-refractivity contribution in [1.82, 2.24) is 4.90 Å². The van der Waals surface area contributed by atoms with Crippen molar-refractivity contribution in [3.63, 3.8) is 0 Å². The molecule has 0 aliphatic heterocycles. The van der Waals surface area contributed by atoms with E-state index >= 15 is 0 Å². The molecule has 0 radical (unpaired) electrons. The number of likely N-dealkylation sites (N-methyl/N-ethyl adjacent to an activating group) is 1. The van der Waals surface area contributed by atoms with E-state index in [2.05, 4.69) is 5.32 Å². The Morgan fingerprint density at radius 3 is 2.48 bits per heavy atom. The Kier molecular flexibility index (Phi) is 6.96. The first-order valence-electron chi connectivity index (χ1n) is 8.30. The molecule has 0 heterocycles. The lowest BCUT2D eigenvalue weighted by Gasteiger charge is -2.17. The van der Waals surface area contributed by atoms with Gasteiger partial charge in [0.1, 0.15) is 0 Å². The third-order valence-corrected chi connectivity index (χ3v) is 4.21. The maximum atomic E-state index is 12.1. The first-order valence-corrected chi connectivity index (χ1v) is 8.68. The number of para-hydroxylation sites is 1. The second-order valence-corrected chi connectivity index (χ2v) is 6.58. The van der Waals surface area contributed by atoms with Crippen molar-refractivity contribution >= 4 is 35.1 Å². The number of hydrogen-bond acceptors (Lipinski definition) is 4. The number of halogens is 1. The van der Waals surface area contributed by atoms with Crippen LogP contribution in [0.4, 0.5) is 5.69 Å². The van der Waals surface area contributed by atoms with Crippen molar-refractivity contribution in [3.8, 4) is 0 Å². The molecule has 0 bridgehead atoms. The quantitative estimate of drug-likeness (QED) is 0.771. The van der Waals surface area contributed by atoms with Crippen LogP contribution in [0, 0.1) is 13.8 Å². The molecule has 0 saturated carbocycles. The number of carbonyl (C=O) groups excluding carboxylic acids is 3. The summed E-state index contributed by atoms with van der Waals surface area (Å²) in [5.41, 5.74) is 2.68. The number of benzene rings is 2. The van der Waals surface area contributed by atoms with Crippen molar-refractivity contribution in [2.45, 2.75) is 13.8 Å². The van der Waals surface area contributed by atoms with Gasteiger partial charge in [-0.1, -0.05) is 41.4 Å². The summed E-state index contributed by atoms with van der Waals surface area (Å²) in [6, 6.07) is 12.1. The minimum absolute atomic E-state index is 0.189. The van der Waals surface area contributed by atoms with Crippen LogP contribution in [-0.2, 0) is 14.3 Å². The summed E-state index contributed by atoms with van der Waals surface area (Å²) in [6.45, 7) is 3.10. The molecule has 0 saturated heterocycles. The number of ether oxygens (including phenoxy) is 1. The Bertz CT molecular complexity index is 867. The van der Waals surface area contributed by atoms with Crippen LogP contribution in [0.1, 0.15) is 21.5 Å². The molecule has 0 aromatic heterocycles. The topological polar surface area (TPSA) is 75.7 Å². The number of nitrogens with one attached hydrogen (secondary N) is 1. The van der Waals surface area contributed by atoms with E-state index in [9.17, 15) is 14.4 Å². The molecule has 1 N–H and O–H groups in total. The number of amides is 2. The molecule has 2 amide bonds. The van der Waals surface area contributed by atoms with Gasteiger partial charge in [-0.3, -0.25) is 9.59 Å². The molecular weight excluding hydrogens is 368 g/mol.